The van der Waals surface area contributed by atoms with E-state index in [0.717, 1.165) is 5.52 Å². The summed E-state index contributed by atoms with van der Waals surface area (Å²) in [5, 5.41) is 3.67. The quantitative estimate of drug-likeness (QED) is 0.378. The molecular weight excluding hydrogens is 268 g/mol. The molecular formula is C20H17N2+. The molecule has 1 aromatic heterocycles. The lowest BCUT2D eigenvalue weighted by molar-refractivity contribution is -0.662. The number of hydrogen-bond acceptors (Lipinski definition) is 1. The number of rotatable bonds is 1. The van der Waals surface area contributed by atoms with Gasteiger partial charge in [-0.2, -0.15) is 0 Å². The summed E-state index contributed by atoms with van der Waals surface area (Å²) in [5.74, 6) is 0. The first kappa shape index (κ1) is 13.0. The lowest BCUT2D eigenvalue weighted by Crippen LogP contribution is -2.31. The third-order valence-electron chi connectivity index (χ3n) is 4.24. The van der Waals surface area contributed by atoms with E-state index in [9.17, 15) is 0 Å². The summed E-state index contributed by atoms with van der Waals surface area (Å²) in [7, 11) is 2.06. The van der Waals surface area contributed by atoms with Gasteiger partial charge in [-0.3, -0.25) is 0 Å². The molecule has 0 bridgehead atoms. The molecule has 3 aromatic carbocycles. The third-order valence-corrected chi connectivity index (χ3v) is 4.24. The Morgan fingerprint density at radius 2 is 1.55 bits per heavy atom. The van der Waals surface area contributed by atoms with E-state index in [1.165, 1.54) is 33.0 Å². The molecule has 0 aliphatic carbocycles. The van der Waals surface area contributed by atoms with Gasteiger partial charge in [-0.25, -0.2) is 4.57 Å². The van der Waals surface area contributed by atoms with E-state index >= 15 is 0 Å². The van der Waals surface area contributed by atoms with Gasteiger partial charge in [-0.05, 0) is 40.4 Å². The van der Waals surface area contributed by atoms with Crippen LogP contribution < -0.4 is 4.57 Å². The van der Waals surface area contributed by atoms with Crippen molar-refractivity contribution >= 4 is 21.7 Å². The SMILES string of the molecule is Cc1ccccc1-c1c2cc3ccccc3cc2nc[n+]1C. The van der Waals surface area contributed by atoms with Crippen LogP contribution in [0.3, 0.4) is 0 Å². The monoisotopic (exact) mass is 285 g/mol. The van der Waals surface area contributed by atoms with Crippen LogP contribution >= 0.6 is 0 Å². The Morgan fingerprint density at radius 3 is 2.32 bits per heavy atom. The molecule has 1 heterocycles. The molecule has 0 amide bonds. The minimum atomic E-state index is 1.04. The Hall–Kier alpha value is -2.74. The molecule has 4 rings (SSSR count). The van der Waals surface area contributed by atoms with Gasteiger partial charge < -0.3 is 0 Å². The van der Waals surface area contributed by atoms with Crippen molar-refractivity contribution in [1.29, 1.82) is 0 Å². The van der Waals surface area contributed by atoms with Crippen molar-refractivity contribution in [2.45, 2.75) is 6.92 Å². The molecule has 0 radical (unpaired) electrons. The highest BCUT2D eigenvalue weighted by Gasteiger charge is 2.16. The zero-order chi connectivity index (χ0) is 15.1. The summed E-state index contributed by atoms with van der Waals surface area (Å²) in [5.41, 5.74) is 4.79. The Labute approximate surface area is 129 Å². The van der Waals surface area contributed by atoms with Crippen LogP contribution in [0.2, 0.25) is 0 Å². The van der Waals surface area contributed by atoms with Crippen LogP contribution in [0.4, 0.5) is 0 Å². The van der Waals surface area contributed by atoms with Crippen molar-refractivity contribution in [3.8, 4) is 11.3 Å². The average Bonchev–Trinajstić information content (AvgIpc) is 2.54. The molecule has 22 heavy (non-hydrogen) atoms. The highest BCUT2D eigenvalue weighted by Crippen LogP contribution is 2.29. The number of aromatic nitrogens is 2. The van der Waals surface area contributed by atoms with Gasteiger partial charge in [-0.15, -0.1) is 0 Å². The van der Waals surface area contributed by atoms with Crippen molar-refractivity contribution in [3.63, 3.8) is 0 Å². The Morgan fingerprint density at radius 1 is 0.864 bits per heavy atom. The first-order valence-electron chi connectivity index (χ1n) is 7.47. The molecule has 0 aliphatic heterocycles. The van der Waals surface area contributed by atoms with Gasteiger partial charge in [-0.1, -0.05) is 48.5 Å². The number of hydrogen-bond donors (Lipinski definition) is 0. The van der Waals surface area contributed by atoms with E-state index in [-0.39, 0.29) is 0 Å². The van der Waals surface area contributed by atoms with Crippen molar-refractivity contribution in [2.24, 2.45) is 7.05 Å². The van der Waals surface area contributed by atoms with Gasteiger partial charge in [0.2, 0.25) is 0 Å². The Kier molecular flexibility index (Phi) is 2.90. The molecule has 0 saturated heterocycles. The summed E-state index contributed by atoms with van der Waals surface area (Å²) in [4.78, 5) is 4.61. The predicted octanol–water partition coefficient (Wildman–Crippen LogP) is 4.19. The van der Waals surface area contributed by atoms with Gasteiger partial charge >= 0.3 is 0 Å². The minimum absolute atomic E-state index is 1.04. The summed E-state index contributed by atoms with van der Waals surface area (Å²) < 4.78 is 2.11. The van der Waals surface area contributed by atoms with Gasteiger partial charge in [0, 0.05) is 5.56 Å². The van der Waals surface area contributed by atoms with E-state index < -0.39 is 0 Å². The number of benzene rings is 3. The normalized spacial score (nSPS) is 11.2. The zero-order valence-corrected chi connectivity index (χ0v) is 12.7. The Balaban J connectivity index is 2.15. The molecule has 0 atom stereocenters. The maximum absolute atomic E-state index is 4.61. The molecule has 0 N–H and O–H groups in total. The summed E-state index contributed by atoms with van der Waals surface area (Å²) in [6.45, 7) is 2.16. The first-order valence-corrected chi connectivity index (χ1v) is 7.47. The summed E-state index contributed by atoms with van der Waals surface area (Å²) in [6, 6.07) is 21.4. The highest BCUT2D eigenvalue weighted by molar-refractivity contribution is 6.01. The topological polar surface area (TPSA) is 16.8 Å². The van der Waals surface area contributed by atoms with Gasteiger partial charge in [0.05, 0.1) is 12.4 Å². The van der Waals surface area contributed by atoms with E-state index in [1.54, 1.807) is 0 Å². The number of fused-ring (bicyclic) bond motifs is 2. The molecule has 0 spiro atoms. The second-order valence-electron chi connectivity index (χ2n) is 5.74. The molecule has 0 unspecified atom stereocenters. The van der Waals surface area contributed by atoms with Crippen LogP contribution in [0.25, 0.3) is 32.9 Å². The van der Waals surface area contributed by atoms with E-state index in [4.69, 9.17) is 0 Å². The van der Waals surface area contributed by atoms with Crippen molar-refractivity contribution in [1.82, 2.24) is 4.98 Å². The second kappa shape index (κ2) is 4.92. The molecule has 0 saturated carbocycles. The van der Waals surface area contributed by atoms with E-state index in [2.05, 4.69) is 84.2 Å². The zero-order valence-electron chi connectivity index (χ0n) is 12.7. The maximum Gasteiger partial charge on any atom is 0.287 e. The van der Waals surface area contributed by atoms with Crippen LogP contribution in [0.1, 0.15) is 5.56 Å². The van der Waals surface area contributed by atoms with Crippen LogP contribution in [-0.4, -0.2) is 4.98 Å². The van der Waals surface area contributed by atoms with Crippen LogP contribution in [-0.2, 0) is 7.05 Å². The molecule has 0 aliphatic rings. The maximum atomic E-state index is 4.61. The standard InChI is InChI=1S/C20H17N2/c1-14-7-3-6-10-17(14)20-18-11-15-8-4-5-9-16(15)12-19(18)21-13-22(20)2/h3-13H,1-2H3/q+1. The van der Waals surface area contributed by atoms with Crippen molar-refractivity contribution in [2.75, 3.05) is 0 Å². The number of aryl methyl sites for hydroxylation is 2. The highest BCUT2D eigenvalue weighted by atomic mass is 15.0. The summed E-state index contributed by atoms with van der Waals surface area (Å²) >= 11 is 0. The fraction of sp³-hybridized carbons (Fsp3) is 0.100. The van der Waals surface area contributed by atoms with Crippen molar-refractivity contribution < 1.29 is 4.57 Å². The van der Waals surface area contributed by atoms with E-state index in [1.807, 2.05) is 6.33 Å². The largest absolute Gasteiger partial charge is 0.287 e. The molecule has 2 nitrogen and oxygen atoms in total. The van der Waals surface area contributed by atoms with Crippen LogP contribution in [0.5, 0.6) is 0 Å². The molecule has 2 heteroatoms. The fourth-order valence-corrected chi connectivity index (χ4v) is 3.09. The Bertz CT molecular complexity index is 1000. The van der Waals surface area contributed by atoms with Gasteiger partial charge in [0.25, 0.3) is 6.33 Å². The summed E-state index contributed by atoms with van der Waals surface area (Å²) in [6.07, 6.45) is 1.90. The predicted molar refractivity (Wildman–Crippen MR) is 90.6 cm³/mol. The lowest BCUT2D eigenvalue weighted by atomic mass is 9.99. The third kappa shape index (κ3) is 1.96. The molecule has 106 valence electrons. The lowest BCUT2D eigenvalue weighted by Gasteiger charge is -2.09. The molecule has 4 aromatic rings. The minimum Gasteiger partial charge on any atom is -0.232 e. The fourth-order valence-electron chi connectivity index (χ4n) is 3.09. The van der Waals surface area contributed by atoms with Gasteiger partial charge in [0.15, 0.2) is 5.52 Å². The number of nitrogens with zero attached hydrogens (tertiary/aromatic N) is 2. The van der Waals surface area contributed by atoms with E-state index in [0.29, 0.717) is 0 Å². The van der Waals surface area contributed by atoms with Crippen LogP contribution in [0.15, 0.2) is 67.0 Å². The second-order valence-corrected chi connectivity index (χ2v) is 5.74. The van der Waals surface area contributed by atoms with Crippen LogP contribution in [0, 0.1) is 6.92 Å². The smallest absolute Gasteiger partial charge is 0.232 e. The first-order chi connectivity index (χ1) is 10.7. The molecule has 0 fully saturated rings. The average molecular weight is 285 g/mol. The van der Waals surface area contributed by atoms with Gasteiger partial charge in [0.1, 0.15) is 5.69 Å². The van der Waals surface area contributed by atoms with Crippen molar-refractivity contribution in [3.05, 3.63) is 72.6 Å².